The Bertz CT molecular complexity index is 1300. The number of nitrogens with zero attached hydrogens (tertiary/aromatic N) is 2. The Kier molecular flexibility index (Phi) is 5.90. The van der Waals surface area contributed by atoms with Crippen LogP contribution in [0.1, 0.15) is 32.9 Å². The molecule has 0 bridgehead atoms. The molecule has 0 saturated heterocycles. The number of fused-ring (bicyclic) bond motifs is 1. The van der Waals surface area contributed by atoms with Gasteiger partial charge in [0.2, 0.25) is 0 Å². The molecule has 0 aliphatic rings. The van der Waals surface area contributed by atoms with E-state index in [4.69, 9.17) is 5.73 Å². The van der Waals surface area contributed by atoms with Crippen LogP contribution in [0.3, 0.4) is 0 Å². The molecule has 7 heteroatoms. The van der Waals surface area contributed by atoms with Crippen molar-refractivity contribution in [2.24, 2.45) is 5.73 Å². The molecule has 4 rings (SSSR count). The number of pyridine rings is 1. The van der Waals surface area contributed by atoms with Crippen molar-refractivity contribution in [3.8, 4) is 0 Å². The van der Waals surface area contributed by atoms with Crippen molar-refractivity contribution >= 4 is 22.6 Å². The van der Waals surface area contributed by atoms with Crippen molar-refractivity contribution in [1.82, 2.24) is 9.55 Å². The van der Waals surface area contributed by atoms with Crippen LogP contribution in [0.15, 0.2) is 54.6 Å². The van der Waals surface area contributed by atoms with E-state index in [-0.39, 0.29) is 17.3 Å². The molecule has 164 valence electrons. The summed E-state index contributed by atoms with van der Waals surface area (Å²) in [5.41, 5.74) is 10.3. The van der Waals surface area contributed by atoms with Crippen LogP contribution in [0, 0.1) is 25.5 Å². The fraction of sp³-hybridized carbons (Fsp3) is 0.200. The molecule has 3 N–H and O–H groups in total. The normalized spacial score (nSPS) is 11.1. The zero-order valence-corrected chi connectivity index (χ0v) is 18.0. The number of amides is 1. The lowest BCUT2D eigenvalue weighted by Gasteiger charge is -2.14. The number of hydrogen-bond donors (Lipinski definition) is 2. The summed E-state index contributed by atoms with van der Waals surface area (Å²) < 4.78 is 29.0. The maximum absolute atomic E-state index is 13.8. The second-order valence-electron chi connectivity index (χ2n) is 7.85. The van der Waals surface area contributed by atoms with Crippen molar-refractivity contribution in [2.45, 2.75) is 26.8 Å². The Morgan fingerprint density at radius 1 is 1.03 bits per heavy atom. The number of primary amides is 1. The van der Waals surface area contributed by atoms with Crippen molar-refractivity contribution < 1.29 is 13.6 Å². The van der Waals surface area contributed by atoms with Crippen LogP contribution in [0.4, 0.5) is 14.6 Å². The van der Waals surface area contributed by atoms with E-state index in [2.05, 4.69) is 14.9 Å². The van der Waals surface area contributed by atoms with Gasteiger partial charge in [-0.15, -0.1) is 0 Å². The van der Waals surface area contributed by atoms with Crippen molar-refractivity contribution in [1.29, 1.82) is 0 Å². The number of nitrogens with two attached hydrogens (primary N) is 1. The minimum absolute atomic E-state index is 0.174. The smallest absolute Gasteiger partial charge is 0.267 e. The third kappa shape index (κ3) is 4.32. The third-order valence-electron chi connectivity index (χ3n) is 5.72. The third-order valence-corrected chi connectivity index (χ3v) is 5.72. The van der Waals surface area contributed by atoms with Gasteiger partial charge in [-0.2, -0.15) is 0 Å². The summed E-state index contributed by atoms with van der Waals surface area (Å²) in [6.07, 6.45) is 0.646. The van der Waals surface area contributed by atoms with Crippen LogP contribution in [0.2, 0.25) is 0 Å². The monoisotopic (exact) mass is 434 g/mol. The summed E-state index contributed by atoms with van der Waals surface area (Å²) in [6.45, 7) is 4.95. The highest BCUT2D eigenvalue weighted by Gasteiger charge is 2.19. The van der Waals surface area contributed by atoms with Crippen LogP contribution < -0.4 is 11.1 Å². The number of halogens is 2. The number of aromatic nitrogens is 2. The molecule has 2 aromatic heterocycles. The van der Waals surface area contributed by atoms with Gasteiger partial charge in [-0.05, 0) is 67.3 Å². The topological polar surface area (TPSA) is 72.9 Å². The predicted octanol–water partition coefficient (Wildman–Crippen LogP) is 4.73. The average molecular weight is 434 g/mol. The Labute approximate surface area is 184 Å². The summed E-state index contributed by atoms with van der Waals surface area (Å²) >= 11 is 0. The molecule has 2 aromatic carbocycles. The van der Waals surface area contributed by atoms with Crippen molar-refractivity contribution in [2.75, 3.05) is 11.9 Å². The van der Waals surface area contributed by atoms with E-state index in [0.29, 0.717) is 25.3 Å². The second-order valence-corrected chi connectivity index (χ2v) is 7.85. The van der Waals surface area contributed by atoms with Crippen LogP contribution in [-0.4, -0.2) is 22.0 Å². The van der Waals surface area contributed by atoms with Gasteiger partial charge in [-0.1, -0.05) is 24.3 Å². The lowest BCUT2D eigenvalue weighted by Crippen LogP contribution is -2.16. The number of anilines is 1. The van der Waals surface area contributed by atoms with E-state index in [1.54, 1.807) is 24.3 Å². The SMILES string of the molecule is Cc1c(C)n(Cc2cccc(F)c2)c2c(NCCc3ccc(F)cc3)nc(C(N)=O)cc12. The lowest BCUT2D eigenvalue weighted by molar-refractivity contribution is 0.0996. The van der Waals surface area contributed by atoms with Crippen LogP contribution in [0.25, 0.3) is 10.9 Å². The van der Waals surface area contributed by atoms with Gasteiger partial charge in [0.25, 0.3) is 5.91 Å². The first kappa shape index (κ1) is 21.5. The average Bonchev–Trinajstić information content (AvgIpc) is 3.00. The Morgan fingerprint density at radius 2 is 1.78 bits per heavy atom. The highest BCUT2D eigenvalue weighted by Crippen LogP contribution is 2.31. The summed E-state index contributed by atoms with van der Waals surface area (Å²) in [4.78, 5) is 16.4. The maximum Gasteiger partial charge on any atom is 0.267 e. The zero-order chi connectivity index (χ0) is 22.8. The van der Waals surface area contributed by atoms with Gasteiger partial charge in [-0.25, -0.2) is 13.8 Å². The van der Waals surface area contributed by atoms with Crippen LogP contribution in [0.5, 0.6) is 0 Å². The van der Waals surface area contributed by atoms with Crippen molar-refractivity contribution in [3.63, 3.8) is 0 Å². The predicted molar refractivity (Wildman–Crippen MR) is 122 cm³/mol. The molecular formula is C25H24F2N4O. The fourth-order valence-corrected chi connectivity index (χ4v) is 3.90. The molecule has 0 atom stereocenters. The van der Waals surface area contributed by atoms with E-state index in [1.165, 1.54) is 24.3 Å². The number of benzene rings is 2. The summed E-state index contributed by atoms with van der Waals surface area (Å²) in [5.74, 6) is -0.644. The first-order chi connectivity index (χ1) is 15.3. The number of carbonyl (C=O) groups is 1. The molecule has 0 fully saturated rings. The molecule has 4 aromatic rings. The molecule has 32 heavy (non-hydrogen) atoms. The quantitative estimate of drug-likeness (QED) is 0.442. The van der Waals surface area contributed by atoms with Crippen LogP contribution in [-0.2, 0) is 13.0 Å². The molecule has 0 aliphatic heterocycles. The van der Waals surface area contributed by atoms with E-state index < -0.39 is 5.91 Å². The van der Waals surface area contributed by atoms with E-state index in [1.807, 2.05) is 19.9 Å². The number of nitrogens with one attached hydrogen (secondary N) is 1. The second kappa shape index (κ2) is 8.78. The molecule has 0 spiro atoms. The first-order valence-corrected chi connectivity index (χ1v) is 10.4. The lowest BCUT2D eigenvalue weighted by atomic mass is 10.1. The molecule has 0 saturated carbocycles. The first-order valence-electron chi connectivity index (χ1n) is 10.4. The Balaban J connectivity index is 1.74. The number of rotatable bonds is 7. The zero-order valence-electron chi connectivity index (χ0n) is 18.0. The largest absolute Gasteiger partial charge is 0.368 e. The minimum atomic E-state index is -0.608. The molecule has 0 unspecified atom stereocenters. The Morgan fingerprint density at radius 3 is 2.47 bits per heavy atom. The van der Waals surface area contributed by atoms with Gasteiger partial charge < -0.3 is 15.6 Å². The van der Waals surface area contributed by atoms with Crippen LogP contribution >= 0.6 is 0 Å². The maximum atomic E-state index is 13.8. The number of carbonyl (C=O) groups excluding carboxylic acids is 1. The fourth-order valence-electron chi connectivity index (χ4n) is 3.90. The van der Waals surface area contributed by atoms with E-state index in [0.717, 1.165) is 33.3 Å². The highest BCUT2D eigenvalue weighted by molar-refractivity contribution is 6.00. The molecule has 0 aliphatic carbocycles. The van der Waals surface area contributed by atoms with Crippen molar-refractivity contribution in [3.05, 3.63) is 94.3 Å². The number of hydrogen-bond acceptors (Lipinski definition) is 3. The summed E-state index contributed by atoms with van der Waals surface area (Å²) in [5, 5.41) is 4.18. The summed E-state index contributed by atoms with van der Waals surface area (Å²) in [6, 6.07) is 14.5. The molecule has 0 radical (unpaired) electrons. The Hall–Kier alpha value is -3.74. The molecule has 2 heterocycles. The van der Waals surface area contributed by atoms with Gasteiger partial charge in [0, 0.05) is 24.2 Å². The highest BCUT2D eigenvalue weighted by atomic mass is 19.1. The van der Waals surface area contributed by atoms with Gasteiger partial charge in [0.05, 0.1) is 5.52 Å². The van der Waals surface area contributed by atoms with Gasteiger partial charge in [0.15, 0.2) is 5.82 Å². The molecule has 5 nitrogen and oxygen atoms in total. The van der Waals surface area contributed by atoms with E-state index in [9.17, 15) is 13.6 Å². The standard InChI is InChI=1S/C25H24F2N4O/c1-15-16(2)31(14-18-4-3-5-20(27)12-18)23-21(15)13-22(24(28)32)30-25(23)29-11-10-17-6-8-19(26)9-7-17/h3-9,12-13H,10-11,14H2,1-2H3,(H2,28,32)(H,29,30). The van der Waals surface area contributed by atoms with Gasteiger partial charge >= 0.3 is 0 Å². The molecular weight excluding hydrogens is 410 g/mol. The molecule has 1 amide bonds. The van der Waals surface area contributed by atoms with E-state index >= 15 is 0 Å². The number of aryl methyl sites for hydroxylation is 1. The minimum Gasteiger partial charge on any atom is -0.368 e. The van der Waals surface area contributed by atoms with Gasteiger partial charge in [0.1, 0.15) is 17.3 Å². The van der Waals surface area contributed by atoms with Gasteiger partial charge in [-0.3, -0.25) is 4.79 Å². The summed E-state index contributed by atoms with van der Waals surface area (Å²) in [7, 11) is 0.